The Labute approximate surface area is 105 Å². The second kappa shape index (κ2) is 4.56. The third-order valence-electron chi connectivity index (χ3n) is 2.69. The Hall–Kier alpha value is -1.86. The summed E-state index contributed by atoms with van der Waals surface area (Å²) in [6.45, 7) is 4.09. The van der Waals surface area contributed by atoms with Gasteiger partial charge in [0.05, 0.1) is 17.3 Å². The van der Waals surface area contributed by atoms with Crippen LogP contribution in [0.2, 0.25) is 0 Å². The highest BCUT2D eigenvalue weighted by Crippen LogP contribution is 2.29. The molecule has 0 spiro atoms. The highest BCUT2D eigenvalue weighted by molar-refractivity contribution is 7.15. The summed E-state index contributed by atoms with van der Waals surface area (Å²) in [5, 5.41) is 9.73. The van der Waals surface area contributed by atoms with E-state index in [-0.39, 0.29) is 0 Å². The van der Waals surface area contributed by atoms with Crippen molar-refractivity contribution < 1.29 is 0 Å². The Kier molecular flexibility index (Phi) is 3.12. The fourth-order valence-corrected chi connectivity index (χ4v) is 2.36. The lowest BCUT2D eigenvalue weighted by Gasteiger charge is -2.15. The van der Waals surface area contributed by atoms with Crippen LogP contribution in [0.4, 0.5) is 10.8 Å². The van der Waals surface area contributed by atoms with Crippen molar-refractivity contribution in [3.63, 3.8) is 0 Å². The largest absolute Gasteiger partial charge is 0.321 e. The van der Waals surface area contributed by atoms with Crippen LogP contribution in [-0.2, 0) is 0 Å². The van der Waals surface area contributed by atoms with Crippen LogP contribution in [0.1, 0.15) is 16.1 Å². The van der Waals surface area contributed by atoms with Gasteiger partial charge in [0.1, 0.15) is 0 Å². The number of benzene rings is 1. The molecule has 0 bridgehead atoms. The summed E-state index contributed by atoms with van der Waals surface area (Å²) in [7, 11) is 1.99. The van der Waals surface area contributed by atoms with Crippen molar-refractivity contribution >= 4 is 22.2 Å². The van der Waals surface area contributed by atoms with Crippen LogP contribution in [0.15, 0.2) is 24.3 Å². The average molecular weight is 243 g/mol. The summed E-state index contributed by atoms with van der Waals surface area (Å²) in [6.07, 6.45) is 0. The predicted octanol–water partition coefficient (Wildman–Crippen LogP) is 3.40. The molecule has 4 heteroatoms. The molecular formula is C13H13N3S. The van der Waals surface area contributed by atoms with Crippen molar-refractivity contribution in [1.29, 1.82) is 5.26 Å². The molecular weight excluding hydrogens is 230 g/mol. The molecule has 1 aromatic heterocycles. The van der Waals surface area contributed by atoms with Gasteiger partial charge < -0.3 is 4.90 Å². The molecule has 0 N–H and O–H groups in total. The highest BCUT2D eigenvalue weighted by atomic mass is 32.1. The number of nitriles is 1. The maximum Gasteiger partial charge on any atom is 0.190 e. The molecule has 0 radical (unpaired) electrons. The molecule has 0 saturated heterocycles. The Bertz CT molecular complexity index is 544. The van der Waals surface area contributed by atoms with E-state index >= 15 is 0 Å². The Morgan fingerprint density at radius 3 is 2.35 bits per heavy atom. The van der Waals surface area contributed by atoms with Crippen LogP contribution < -0.4 is 4.90 Å². The number of hydrogen-bond donors (Lipinski definition) is 0. The molecule has 86 valence electrons. The first-order valence-electron chi connectivity index (χ1n) is 5.29. The minimum Gasteiger partial charge on any atom is -0.321 e. The number of aromatic nitrogens is 1. The number of hydrogen-bond acceptors (Lipinski definition) is 4. The summed E-state index contributed by atoms with van der Waals surface area (Å²) in [6, 6.07) is 9.62. The standard InChI is InChI=1S/C13H13N3S/c1-9-10(2)17-13(15-9)16(3)12-6-4-11(8-14)5-7-12/h4-7H,1-3H3. The van der Waals surface area contributed by atoms with E-state index in [1.807, 2.05) is 43.1 Å². The molecule has 0 aliphatic carbocycles. The van der Waals surface area contributed by atoms with Crippen molar-refractivity contribution in [3.8, 4) is 6.07 Å². The first-order chi connectivity index (χ1) is 8.11. The number of aryl methyl sites for hydroxylation is 2. The van der Waals surface area contributed by atoms with Gasteiger partial charge in [-0.2, -0.15) is 5.26 Å². The van der Waals surface area contributed by atoms with E-state index in [1.165, 1.54) is 4.88 Å². The topological polar surface area (TPSA) is 39.9 Å². The van der Waals surface area contributed by atoms with Gasteiger partial charge in [-0.3, -0.25) is 0 Å². The van der Waals surface area contributed by atoms with Crippen LogP contribution in [0, 0.1) is 25.2 Å². The summed E-state index contributed by atoms with van der Waals surface area (Å²) in [4.78, 5) is 7.78. The summed E-state index contributed by atoms with van der Waals surface area (Å²) in [5.74, 6) is 0. The maximum atomic E-state index is 8.75. The molecule has 1 heterocycles. The lowest BCUT2D eigenvalue weighted by Crippen LogP contribution is -2.08. The van der Waals surface area contributed by atoms with Crippen molar-refractivity contribution in [3.05, 3.63) is 40.4 Å². The molecule has 3 nitrogen and oxygen atoms in total. The van der Waals surface area contributed by atoms with Gasteiger partial charge in [0, 0.05) is 17.6 Å². The monoisotopic (exact) mass is 243 g/mol. The lowest BCUT2D eigenvalue weighted by atomic mass is 10.2. The van der Waals surface area contributed by atoms with E-state index in [0.29, 0.717) is 5.56 Å². The van der Waals surface area contributed by atoms with Gasteiger partial charge in [0.25, 0.3) is 0 Å². The molecule has 2 rings (SSSR count). The molecule has 0 unspecified atom stereocenters. The fourth-order valence-electron chi connectivity index (χ4n) is 1.47. The molecule has 17 heavy (non-hydrogen) atoms. The van der Waals surface area contributed by atoms with E-state index in [2.05, 4.69) is 18.0 Å². The zero-order valence-corrected chi connectivity index (χ0v) is 10.9. The first kappa shape index (κ1) is 11.6. The Morgan fingerprint density at radius 1 is 1.24 bits per heavy atom. The number of thiazole rings is 1. The molecule has 0 fully saturated rings. The van der Waals surface area contributed by atoms with Gasteiger partial charge in [-0.1, -0.05) is 0 Å². The van der Waals surface area contributed by atoms with Crippen LogP contribution >= 0.6 is 11.3 Å². The molecule has 0 aliphatic rings. The second-order valence-electron chi connectivity index (χ2n) is 3.86. The summed E-state index contributed by atoms with van der Waals surface area (Å²) >= 11 is 1.68. The van der Waals surface area contributed by atoms with Crippen LogP contribution in [-0.4, -0.2) is 12.0 Å². The molecule has 0 aliphatic heterocycles. The van der Waals surface area contributed by atoms with Crippen molar-refractivity contribution in [2.75, 3.05) is 11.9 Å². The molecule has 2 aromatic rings. The predicted molar refractivity (Wildman–Crippen MR) is 70.8 cm³/mol. The zero-order valence-electron chi connectivity index (χ0n) is 10.1. The van der Waals surface area contributed by atoms with Crippen molar-refractivity contribution in [2.24, 2.45) is 0 Å². The third-order valence-corrected chi connectivity index (χ3v) is 3.84. The quantitative estimate of drug-likeness (QED) is 0.811. The first-order valence-corrected chi connectivity index (χ1v) is 6.11. The summed E-state index contributed by atoms with van der Waals surface area (Å²) < 4.78 is 0. The highest BCUT2D eigenvalue weighted by Gasteiger charge is 2.10. The molecule has 0 saturated carbocycles. The van der Waals surface area contributed by atoms with Gasteiger partial charge in [-0.15, -0.1) is 11.3 Å². The number of rotatable bonds is 2. The maximum absolute atomic E-state index is 8.75. The smallest absolute Gasteiger partial charge is 0.190 e. The number of nitrogens with zero attached hydrogens (tertiary/aromatic N) is 3. The third kappa shape index (κ3) is 2.29. The van der Waals surface area contributed by atoms with Gasteiger partial charge in [0.2, 0.25) is 0 Å². The van der Waals surface area contributed by atoms with Gasteiger partial charge in [-0.25, -0.2) is 4.98 Å². The van der Waals surface area contributed by atoms with E-state index in [9.17, 15) is 0 Å². The lowest BCUT2D eigenvalue weighted by molar-refractivity contribution is 1.13. The SMILES string of the molecule is Cc1nc(N(C)c2ccc(C#N)cc2)sc1C. The molecule has 0 amide bonds. The van der Waals surface area contributed by atoms with Gasteiger partial charge in [0.15, 0.2) is 5.13 Å². The van der Waals surface area contributed by atoms with Crippen LogP contribution in [0.5, 0.6) is 0 Å². The van der Waals surface area contributed by atoms with E-state index in [1.54, 1.807) is 11.3 Å². The zero-order chi connectivity index (χ0) is 12.4. The normalized spacial score (nSPS) is 10.0. The van der Waals surface area contributed by atoms with Crippen LogP contribution in [0.3, 0.4) is 0 Å². The van der Waals surface area contributed by atoms with Gasteiger partial charge in [-0.05, 0) is 38.1 Å². The Balaban J connectivity index is 2.30. The van der Waals surface area contributed by atoms with E-state index < -0.39 is 0 Å². The Morgan fingerprint density at radius 2 is 1.88 bits per heavy atom. The minimum absolute atomic E-state index is 0.675. The van der Waals surface area contributed by atoms with Crippen molar-refractivity contribution in [1.82, 2.24) is 4.98 Å². The minimum atomic E-state index is 0.675. The van der Waals surface area contributed by atoms with Crippen LogP contribution in [0.25, 0.3) is 0 Å². The number of anilines is 2. The average Bonchev–Trinajstić information content (AvgIpc) is 2.69. The second-order valence-corrected chi connectivity index (χ2v) is 5.04. The van der Waals surface area contributed by atoms with Gasteiger partial charge >= 0.3 is 0 Å². The van der Waals surface area contributed by atoms with Crippen molar-refractivity contribution in [2.45, 2.75) is 13.8 Å². The summed E-state index contributed by atoms with van der Waals surface area (Å²) in [5.41, 5.74) is 2.79. The fraction of sp³-hybridized carbons (Fsp3) is 0.231. The van der Waals surface area contributed by atoms with E-state index in [4.69, 9.17) is 5.26 Å². The molecule has 0 atom stereocenters. The van der Waals surface area contributed by atoms with E-state index in [0.717, 1.165) is 16.5 Å². The molecule has 1 aromatic carbocycles.